The van der Waals surface area contributed by atoms with E-state index in [2.05, 4.69) is 0 Å². The van der Waals surface area contributed by atoms with Gasteiger partial charge in [-0.1, -0.05) is 36.4 Å². The predicted octanol–water partition coefficient (Wildman–Crippen LogP) is 6.64. The third kappa shape index (κ3) is 4.11. The van der Waals surface area contributed by atoms with E-state index in [0.29, 0.717) is 36.3 Å². The Balaban J connectivity index is 1.89. The Labute approximate surface area is 180 Å². The predicted molar refractivity (Wildman–Crippen MR) is 118 cm³/mol. The van der Waals surface area contributed by atoms with Gasteiger partial charge in [-0.15, -0.1) is 0 Å². The molecule has 1 amide bonds. The van der Waals surface area contributed by atoms with Crippen molar-refractivity contribution in [1.82, 2.24) is 4.90 Å². The summed E-state index contributed by atoms with van der Waals surface area (Å²) in [5.74, 6) is -0.0575. The molecule has 0 N–H and O–H groups in total. The number of rotatable bonds is 4. The average molecular weight is 426 g/mol. The molecule has 1 saturated heterocycles. The summed E-state index contributed by atoms with van der Waals surface area (Å²) in [5, 5.41) is 1.53. The van der Waals surface area contributed by atoms with Gasteiger partial charge in [0.15, 0.2) is 0 Å². The van der Waals surface area contributed by atoms with Crippen LogP contribution in [0.4, 0.5) is 24.5 Å². The molecule has 0 aliphatic carbocycles. The first-order chi connectivity index (χ1) is 14.9. The van der Waals surface area contributed by atoms with Gasteiger partial charge in [0.1, 0.15) is 0 Å². The van der Waals surface area contributed by atoms with Gasteiger partial charge in [0.25, 0.3) is 5.91 Å². The number of alkyl halides is 3. The van der Waals surface area contributed by atoms with Crippen LogP contribution in [-0.2, 0) is 6.18 Å². The largest absolute Gasteiger partial charge is 0.418 e. The molecule has 3 aromatic carbocycles. The van der Waals surface area contributed by atoms with E-state index in [1.54, 1.807) is 23.1 Å². The zero-order chi connectivity index (χ0) is 22.0. The summed E-state index contributed by atoms with van der Waals surface area (Å²) >= 11 is 0. The van der Waals surface area contributed by atoms with E-state index >= 15 is 0 Å². The number of carbonyl (C=O) groups excluding carboxylic acids is 1. The third-order valence-electron chi connectivity index (χ3n) is 5.86. The van der Waals surface area contributed by atoms with Crippen LogP contribution in [0.15, 0.2) is 60.7 Å². The Morgan fingerprint density at radius 1 is 0.903 bits per heavy atom. The van der Waals surface area contributed by atoms with E-state index in [1.165, 1.54) is 12.1 Å². The van der Waals surface area contributed by atoms with Crippen molar-refractivity contribution < 1.29 is 18.0 Å². The van der Waals surface area contributed by atoms with Gasteiger partial charge in [0.05, 0.1) is 11.3 Å². The van der Waals surface area contributed by atoms with Gasteiger partial charge < -0.3 is 9.80 Å². The molecule has 3 nitrogen and oxygen atoms in total. The van der Waals surface area contributed by atoms with Crippen molar-refractivity contribution in [3.8, 4) is 0 Å². The highest BCUT2D eigenvalue weighted by molar-refractivity contribution is 6.12. The van der Waals surface area contributed by atoms with E-state index in [9.17, 15) is 18.0 Å². The van der Waals surface area contributed by atoms with Crippen molar-refractivity contribution in [2.24, 2.45) is 0 Å². The Hall–Kier alpha value is -3.02. The number of halogens is 3. The number of amides is 1. The molecule has 1 fully saturated rings. The molecule has 0 bridgehead atoms. The van der Waals surface area contributed by atoms with Gasteiger partial charge in [-0.25, -0.2) is 0 Å². The summed E-state index contributed by atoms with van der Waals surface area (Å²) in [7, 11) is 0. The van der Waals surface area contributed by atoms with E-state index in [0.717, 1.165) is 30.7 Å². The van der Waals surface area contributed by atoms with E-state index in [1.807, 2.05) is 36.1 Å². The normalized spacial score (nSPS) is 14.6. The minimum atomic E-state index is -4.47. The molecule has 4 rings (SSSR count). The molecule has 0 radical (unpaired) electrons. The minimum Gasteiger partial charge on any atom is -0.341 e. The van der Waals surface area contributed by atoms with Gasteiger partial charge in [-0.2, -0.15) is 13.2 Å². The molecule has 0 aromatic heterocycles. The lowest BCUT2D eigenvalue weighted by Gasteiger charge is -2.30. The third-order valence-corrected chi connectivity index (χ3v) is 5.86. The first-order valence-electron chi connectivity index (χ1n) is 10.7. The van der Waals surface area contributed by atoms with Crippen molar-refractivity contribution in [3.05, 3.63) is 71.8 Å². The second-order valence-corrected chi connectivity index (χ2v) is 7.79. The number of para-hydroxylation sites is 1. The molecule has 3 aromatic rings. The standard InChI is InChI=1S/C25H25F3N2O/c1-2-30(21-14-5-4-13-20(21)25(26,27)28)22-15-9-11-18-10-8-12-19(23(18)22)24(31)29-16-6-3-7-17-29/h4-5,8-15H,2-3,6-7,16-17H2,1H3. The molecular formula is C25H25F3N2O. The molecule has 1 aliphatic heterocycles. The molecule has 0 unspecified atom stereocenters. The zero-order valence-corrected chi connectivity index (χ0v) is 17.5. The number of benzene rings is 3. The molecule has 6 heteroatoms. The van der Waals surface area contributed by atoms with E-state index in [-0.39, 0.29) is 11.6 Å². The zero-order valence-electron chi connectivity index (χ0n) is 17.5. The van der Waals surface area contributed by atoms with Gasteiger partial charge >= 0.3 is 6.18 Å². The van der Waals surface area contributed by atoms with Crippen LogP contribution in [0, 0.1) is 0 Å². The second kappa shape index (κ2) is 8.61. The van der Waals surface area contributed by atoms with Crippen molar-refractivity contribution in [2.45, 2.75) is 32.4 Å². The number of nitrogens with zero attached hydrogens (tertiary/aromatic N) is 2. The second-order valence-electron chi connectivity index (χ2n) is 7.79. The van der Waals surface area contributed by atoms with Crippen molar-refractivity contribution in [3.63, 3.8) is 0 Å². The molecule has 0 spiro atoms. The average Bonchev–Trinajstić information content (AvgIpc) is 2.79. The van der Waals surface area contributed by atoms with Crippen LogP contribution in [0.5, 0.6) is 0 Å². The van der Waals surface area contributed by atoms with Crippen LogP contribution in [0.1, 0.15) is 42.1 Å². The Kier molecular flexibility index (Phi) is 5.90. The van der Waals surface area contributed by atoms with E-state index in [4.69, 9.17) is 0 Å². The fraction of sp³-hybridized carbons (Fsp3) is 0.320. The fourth-order valence-corrected chi connectivity index (χ4v) is 4.41. The minimum absolute atomic E-state index is 0.0575. The number of hydrogen-bond donors (Lipinski definition) is 0. The first kappa shape index (κ1) is 21.2. The van der Waals surface area contributed by atoms with Gasteiger partial charge in [-0.05, 0) is 55.8 Å². The van der Waals surface area contributed by atoms with Crippen LogP contribution in [0.3, 0.4) is 0 Å². The van der Waals surface area contributed by atoms with Crippen LogP contribution in [0.25, 0.3) is 10.8 Å². The van der Waals surface area contributed by atoms with Crippen LogP contribution < -0.4 is 4.90 Å². The molecule has 0 atom stereocenters. The smallest absolute Gasteiger partial charge is 0.341 e. The first-order valence-corrected chi connectivity index (χ1v) is 10.7. The van der Waals surface area contributed by atoms with Crippen LogP contribution in [-0.4, -0.2) is 30.4 Å². The maximum absolute atomic E-state index is 13.7. The summed E-state index contributed by atoms with van der Waals surface area (Å²) in [5.41, 5.74) is 0.550. The lowest BCUT2D eigenvalue weighted by molar-refractivity contribution is -0.137. The maximum atomic E-state index is 13.7. The molecule has 1 aliphatic rings. The Morgan fingerprint density at radius 2 is 1.55 bits per heavy atom. The summed E-state index contributed by atoms with van der Waals surface area (Å²) in [6, 6.07) is 16.6. The molecule has 31 heavy (non-hydrogen) atoms. The molecule has 162 valence electrons. The number of piperidine rings is 1. The summed E-state index contributed by atoms with van der Waals surface area (Å²) < 4.78 is 41.2. The summed E-state index contributed by atoms with van der Waals surface area (Å²) in [4.78, 5) is 16.9. The Bertz CT molecular complexity index is 1080. The molecule has 0 saturated carbocycles. The lowest BCUT2D eigenvalue weighted by Crippen LogP contribution is -2.35. The van der Waals surface area contributed by atoms with E-state index < -0.39 is 11.7 Å². The Morgan fingerprint density at radius 3 is 2.23 bits per heavy atom. The van der Waals surface area contributed by atoms with Gasteiger partial charge in [0.2, 0.25) is 0 Å². The molecule has 1 heterocycles. The van der Waals surface area contributed by atoms with Crippen LogP contribution in [0.2, 0.25) is 0 Å². The van der Waals surface area contributed by atoms with Crippen molar-refractivity contribution in [2.75, 3.05) is 24.5 Å². The number of likely N-dealkylation sites (tertiary alicyclic amines) is 1. The summed E-state index contributed by atoms with van der Waals surface area (Å²) in [6.07, 6.45) is -1.41. The van der Waals surface area contributed by atoms with Crippen LogP contribution >= 0.6 is 0 Å². The quantitative estimate of drug-likeness (QED) is 0.467. The number of carbonyl (C=O) groups is 1. The highest BCUT2D eigenvalue weighted by Gasteiger charge is 2.35. The highest BCUT2D eigenvalue weighted by atomic mass is 19.4. The fourth-order valence-electron chi connectivity index (χ4n) is 4.41. The van der Waals surface area contributed by atoms with Crippen molar-refractivity contribution >= 4 is 28.1 Å². The van der Waals surface area contributed by atoms with Gasteiger partial charge in [0, 0.05) is 36.3 Å². The number of fused-ring (bicyclic) bond motifs is 1. The van der Waals surface area contributed by atoms with Crippen molar-refractivity contribution in [1.29, 1.82) is 0 Å². The lowest BCUT2D eigenvalue weighted by atomic mass is 9.99. The van der Waals surface area contributed by atoms with Gasteiger partial charge in [-0.3, -0.25) is 4.79 Å². The topological polar surface area (TPSA) is 23.6 Å². The maximum Gasteiger partial charge on any atom is 0.418 e. The summed E-state index contributed by atoms with van der Waals surface area (Å²) in [6.45, 7) is 3.58. The number of hydrogen-bond acceptors (Lipinski definition) is 2. The number of anilines is 2. The SMILES string of the molecule is CCN(c1ccccc1C(F)(F)F)c1cccc2cccc(C(=O)N3CCCCC3)c12. The molecular weight excluding hydrogens is 401 g/mol. The monoisotopic (exact) mass is 426 g/mol. The highest BCUT2D eigenvalue weighted by Crippen LogP contribution is 2.41.